The van der Waals surface area contributed by atoms with Crippen LogP contribution in [0, 0.1) is 5.82 Å². The molecule has 6 nitrogen and oxygen atoms in total. The number of nitrogens with zero attached hydrogens (tertiary/aromatic N) is 3. The summed E-state index contributed by atoms with van der Waals surface area (Å²) < 4.78 is 15.3. The van der Waals surface area contributed by atoms with Crippen LogP contribution in [0.5, 0.6) is 5.75 Å². The minimum Gasteiger partial charge on any atom is -0.508 e. The quantitative estimate of drug-likeness (QED) is 0.543. The Morgan fingerprint density at radius 1 is 1.14 bits per heavy atom. The van der Waals surface area contributed by atoms with E-state index < -0.39 is 11.9 Å². The predicted molar refractivity (Wildman–Crippen MR) is 101 cm³/mol. The van der Waals surface area contributed by atoms with Crippen LogP contribution in [0.15, 0.2) is 55.0 Å². The molecule has 138 valence electrons. The molecule has 2 N–H and O–H groups in total. The highest BCUT2D eigenvalue weighted by Crippen LogP contribution is 2.42. The zero-order chi connectivity index (χ0) is 19.4. The summed E-state index contributed by atoms with van der Waals surface area (Å²) >= 11 is 6.20. The Bertz CT molecular complexity index is 1270. The molecule has 5 rings (SSSR count). The summed E-state index contributed by atoms with van der Waals surface area (Å²) in [5, 5.41) is 17.9. The number of aromatic nitrogens is 3. The fraction of sp³-hybridized carbons (Fsp3) is 0.0500. The van der Waals surface area contributed by atoms with Crippen molar-refractivity contribution in [2.24, 2.45) is 0 Å². The summed E-state index contributed by atoms with van der Waals surface area (Å²) in [6.45, 7) is 0. The van der Waals surface area contributed by atoms with Crippen LogP contribution in [0.1, 0.15) is 27.5 Å². The Hall–Kier alpha value is -3.45. The topological polar surface area (TPSA) is 79.5 Å². The molecule has 1 aliphatic heterocycles. The molecule has 4 aromatic rings. The number of rotatable bonds is 2. The van der Waals surface area contributed by atoms with Gasteiger partial charge in [0, 0.05) is 33.5 Å². The number of benzene rings is 2. The highest BCUT2D eigenvalue weighted by atomic mass is 35.5. The maximum absolute atomic E-state index is 13.7. The molecule has 2 aromatic heterocycles. The second kappa shape index (κ2) is 6.03. The number of phenols is 1. The van der Waals surface area contributed by atoms with Gasteiger partial charge in [0.15, 0.2) is 5.65 Å². The second-order valence-electron chi connectivity index (χ2n) is 6.51. The van der Waals surface area contributed by atoms with E-state index >= 15 is 0 Å². The molecular formula is C20H12ClFN4O2. The molecule has 0 saturated heterocycles. The fourth-order valence-electron chi connectivity index (χ4n) is 3.53. The molecule has 0 aliphatic carbocycles. The normalized spacial score (nSPS) is 15.6. The Morgan fingerprint density at radius 3 is 2.86 bits per heavy atom. The zero-order valence-electron chi connectivity index (χ0n) is 14.2. The van der Waals surface area contributed by atoms with Crippen LogP contribution >= 0.6 is 11.6 Å². The van der Waals surface area contributed by atoms with Crippen molar-refractivity contribution in [3.63, 3.8) is 0 Å². The van der Waals surface area contributed by atoms with Crippen LogP contribution in [-0.2, 0) is 0 Å². The van der Waals surface area contributed by atoms with Crippen LogP contribution in [0.4, 0.5) is 4.39 Å². The lowest BCUT2D eigenvalue weighted by molar-refractivity contribution is 0.0960. The molecule has 2 aromatic carbocycles. The van der Waals surface area contributed by atoms with Gasteiger partial charge in [-0.05, 0) is 48.0 Å². The van der Waals surface area contributed by atoms with Gasteiger partial charge in [-0.3, -0.25) is 4.79 Å². The number of amides is 1. The van der Waals surface area contributed by atoms with Gasteiger partial charge in [-0.2, -0.15) is 5.10 Å². The Kier molecular flexibility index (Phi) is 3.60. The van der Waals surface area contributed by atoms with Gasteiger partial charge in [0.1, 0.15) is 17.9 Å². The summed E-state index contributed by atoms with van der Waals surface area (Å²) in [4.78, 5) is 16.7. The van der Waals surface area contributed by atoms with Gasteiger partial charge in [-0.15, -0.1) is 0 Å². The van der Waals surface area contributed by atoms with Gasteiger partial charge in [0.05, 0.1) is 6.04 Å². The number of fused-ring (bicyclic) bond motifs is 2. The average molecular weight is 395 g/mol. The van der Waals surface area contributed by atoms with E-state index in [1.807, 2.05) is 6.07 Å². The summed E-state index contributed by atoms with van der Waals surface area (Å²) in [5.41, 5.74) is 3.18. The van der Waals surface area contributed by atoms with E-state index in [4.69, 9.17) is 11.6 Å². The monoisotopic (exact) mass is 394 g/mol. The van der Waals surface area contributed by atoms with Crippen molar-refractivity contribution in [2.45, 2.75) is 6.04 Å². The van der Waals surface area contributed by atoms with Crippen molar-refractivity contribution in [3.8, 4) is 16.9 Å². The number of halogens is 2. The lowest BCUT2D eigenvalue weighted by Crippen LogP contribution is -2.20. The largest absolute Gasteiger partial charge is 0.508 e. The van der Waals surface area contributed by atoms with Crippen LogP contribution < -0.4 is 5.32 Å². The molecule has 0 fully saturated rings. The van der Waals surface area contributed by atoms with Gasteiger partial charge < -0.3 is 10.4 Å². The van der Waals surface area contributed by atoms with E-state index in [0.717, 1.165) is 5.56 Å². The minimum atomic E-state index is -0.724. The summed E-state index contributed by atoms with van der Waals surface area (Å²) in [7, 11) is 0. The molecule has 0 bridgehead atoms. The SMILES string of the molecule is O=C1NC(c2cc(F)ccc2Cl)c2c(O)cc(-c3ccc4ncnn4c3)cc21. The highest BCUT2D eigenvalue weighted by molar-refractivity contribution is 6.31. The molecule has 28 heavy (non-hydrogen) atoms. The smallest absolute Gasteiger partial charge is 0.252 e. The standard InChI is InChI=1S/C20H12ClFN4O2/c21-15-3-2-12(22)7-13(15)19-18-14(20(28)25-19)5-11(6-16(18)27)10-1-4-17-23-9-24-26(17)8-10/h1-9,19,27H,(H,25,28). The van der Waals surface area contributed by atoms with Crippen molar-refractivity contribution in [2.75, 3.05) is 0 Å². The van der Waals surface area contributed by atoms with Gasteiger partial charge in [-0.25, -0.2) is 13.9 Å². The fourth-order valence-corrected chi connectivity index (χ4v) is 3.76. The molecule has 0 spiro atoms. The van der Waals surface area contributed by atoms with E-state index in [2.05, 4.69) is 15.4 Å². The van der Waals surface area contributed by atoms with Crippen molar-refractivity contribution >= 4 is 23.2 Å². The molecule has 8 heteroatoms. The van der Waals surface area contributed by atoms with E-state index in [0.29, 0.717) is 32.9 Å². The van der Waals surface area contributed by atoms with Crippen molar-refractivity contribution in [1.82, 2.24) is 19.9 Å². The first kappa shape index (κ1) is 16.7. The van der Waals surface area contributed by atoms with Crippen LogP contribution in [0.25, 0.3) is 16.8 Å². The number of carbonyl (C=O) groups excluding carboxylic acids is 1. The minimum absolute atomic E-state index is 0.0742. The van der Waals surface area contributed by atoms with E-state index in [1.165, 1.54) is 24.5 Å². The van der Waals surface area contributed by atoms with Crippen molar-refractivity contribution in [1.29, 1.82) is 0 Å². The lowest BCUT2D eigenvalue weighted by Gasteiger charge is -2.16. The molecule has 1 atom stereocenters. The molecule has 1 aliphatic rings. The van der Waals surface area contributed by atoms with E-state index in [9.17, 15) is 14.3 Å². The van der Waals surface area contributed by atoms with Gasteiger partial charge in [0.2, 0.25) is 0 Å². The Balaban J connectivity index is 1.65. The number of phenolic OH excluding ortho intramolecular Hbond substituents is 1. The number of hydrogen-bond donors (Lipinski definition) is 2. The predicted octanol–water partition coefficient (Wildman–Crippen LogP) is 3.73. The maximum Gasteiger partial charge on any atom is 0.252 e. The first-order valence-electron chi connectivity index (χ1n) is 8.44. The van der Waals surface area contributed by atoms with Gasteiger partial charge in [-0.1, -0.05) is 11.6 Å². The third kappa shape index (κ3) is 2.51. The number of aromatic hydroxyl groups is 1. The number of hydrogen-bond acceptors (Lipinski definition) is 4. The molecular weight excluding hydrogens is 383 g/mol. The second-order valence-corrected chi connectivity index (χ2v) is 6.92. The average Bonchev–Trinajstić information content (AvgIpc) is 3.28. The third-order valence-corrected chi connectivity index (χ3v) is 5.19. The van der Waals surface area contributed by atoms with E-state index in [-0.39, 0.29) is 11.7 Å². The first-order chi connectivity index (χ1) is 13.5. The molecule has 1 unspecified atom stereocenters. The maximum atomic E-state index is 13.7. The summed E-state index contributed by atoms with van der Waals surface area (Å²) in [5.74, 6) is -0.909. The summed E-state index contributed by atoms with van der Waals surface area (Å²) in [6, 6.07) is 10.1. The highest BCUT2D eigenvalue weighted by Gasteiger charge is 2.34. The Morgan fingerprint density at radius 2 is 2.00 bits per heavy atom. The summed E-state index contributed by atoms with van der Waals surface area (Å²) in [6.07, 6.45) is 3.21. The first-order valence-corrected chi connectivity index (χ1v) is 8.81. The molecule has 0 saturated carbocycles. The van der Waals surface area contributed by atoms with Crippen LogP contribution in [-0.4, -0.2) is 25.6 Å². The van der Waals surface area contributed by atoms with Crippen molar-refractivity contribution < 1.29 is 14.3 Å². The van der Waals surface area contributed by atoms with Crippen LogP contribution in [0.3, 0.4) is 0 Å². The van der Waals surface area contributed by atoms with Crippen LogP contribution in [0.2, 0.25) is 5.02 Å². The Labute approximate surface area is 163 Å². The van der Waals surface area contributed by atoms with Gasteiger partial charge in [0.25, 0.3) is 5.91 Å². The molecule has 1 amide bonds. The van der Waals surface area contributed by atoms with Gasteiger partial charge >= 0.3 is 0 Å². The zero-order valence-corrected chi connectivity index (χ0v) is 15.0. The lowest BCUT2D eigenvalue weighted by atomic mass is 9.94. The molecule has 0 radical (unpaired) electrons. The van der Waals surface area contributed by atoms with E-state index in [1.54, 1.807) is 28.9 Å². The van der Waals surface area contributed by atoms with Crippen molar-refractivity contribution in [3.05, 3.63) is 82.5 Å². The molecule has 3 heterocycles. The number of nitrogens with one attached hydrogen (secondary N) is 1. The number of pyridine rings is 1. The third-order valence-electron chi connectivity index (χ3n) is 4.84. The number of carbonyl (C=O) groups is 1.